The summed E-state index contributed by atoms with van der Waals surface area (Å²) in [5.74, 6) is 0.856. The van der Waals surface area contributed by atoms with Gasteiger partial charge in [-0.1, -0.05) is 6.92 Å². The van der Waals surface area contributed by atoms with Crippen LogP contribution in [0.15, 0.2) is 12.1 Å². The molecule has 98 valence electrons. The van der Waals surface area contributed by atoms with E-state index in [1.54, 1.807) is 12.1 Å². The minimum atomic E-state index is 0. The van der Waals surface area contributed by atoms with Crippen LogP contribution >= 0.6 is 12.4 Å². The van der Waals surface area contributed by atoms with Crippen molar-refractivity contribution in [2.75, 3.05) is 14.2 Å². The molecular formula is C12H20ClNO3. The molecule has 1 rings (SSSR count). The van der Waals surface area contributed by atoms with Crippen LogP contribution in [0.1, 0.15) is 18.9 Å². The third-order valence-corrected chi connectivity index (χ3v) is 2.56. The molecule has 0 radical (unpaired) electrons. The molecule has 0 spiro atoms. The van der Waals surface area contributed by atoms with Gasteiger partial charge < -0.3 is 20.3 Å². The first kappa shape index (κ1) is 15.9. The maximum absolute atomic E-state index is 9.72. The Labute approximate surface area is 108 Å². The topological polar surface area (TPSA) is 64.7 Å². The molecule has 0 aliphatic rings. The number of nitrogens with two attached hydrogens (primary N) is 1. The first-order valence-corrected chi connectivity index (χ1v) is 5.31. The highest BCUT2D eigenvalue weighted by molar-refractivity contribution is 5.85. The Morgan fingerprint density at radius 3 is 2.06 bits per heavy atom. The average molecular weight is 262 g/mol. The van der Waals surface area contributed by atoms with Crippen molar-refractivity contribution in [2.45, 2.75) is 25.8 Å². The summed E-state index contributed by atoms with van der Waals surface area (Å²) < 4.78 is 10.1. The zero-order valence-corrected chi connectivity index (χ0v) is 11.2. The molecule has 0 saturated heterocycles. The van der Waals surface area contributed by atoms with E-state index in [2.05, 4.69) is 0 Å². The Bertz CT molecular complexity index is 333. The lowest BCUT2D eigenvalue weighted by Crippen LogP contribution is -2.21. The van der Waals surface area contributed by atoms with Gasteiger partial charge in [-0.15, -0.1) is 12.4 Å². The van der Waals surface area contributed by atoms with Gasteiger partial charge in [0.25, 0.3) is 0 Å². The Balaban J connectivity index is 0.00000256. The maximum Gasteiger partial charge on any atom is 0.200 e. The van der Waals surface area contributed by atoms with Crippen molar-refractivity contribution in [2.24, 2.45) is 5.73 Å². The molecule has 0 aromatic heterocycles. The molecule has 1 atom stereocenters. The predicted molar refractivity (Wildman–Crippen MR) is 70.4 cm³/mol. The summed E-state index contributed by atoms with van der Waals surface area (Å²) in [7, 11) is 3.02. The fourth-order valence-corrected chi connectivity index (χ4v) is 1.51. The number of aromatic hydroxyl groups is 1. The summed E-state index contributed by atoms with van der Waals surface area (Å²) in [5, 5.41) is 9.72. The van der Waals surface area contributed by atoms with Crippen LogP contribution < -0.4 is 15.2 Å². The average Bonchev–Trinajstić information content (AvgIpc) is 2.30. The Morgan fingerprint density at radius 1 is 1.24 bits per heavy atom. The van der Waals surface area contributed by atoms with Gasteiger partial charge in [-0.05, 0) is 30.5 Å². The van der Waals surface area contributed by atoms with E-state index in [0.717, 1.165) is 18.4 Å². The molecule has 4 nitrogen and oxygen atoms in total. The Kier molecular flexibility index (Phi) is 6.76. The highest BCUT2D eigenvalue weighted by Crippen LogP contribution is 2.37. The fourth-order valence-electron chi connectivity index (χ4n) is 1.51. The van der Waals surface area contributed by atoms with Crippen molar-refractivity contribution in [3.63, 3.8) is 0 Å². The van der Waals surface area contributed by atoms with Crippen molar-refractivity contribution in [3.8, 4) is 17.2 Å². The summed E-state index contributed by atoms with van der Waals surface area (Å²) in [5.41, 5.74) is 6.88. The number of phenols is 1. The monoisotopic (exact) mass is 261 g/mol. The van der Waals surface area contributed by atoms with E-state index in [0.29, 0.717) is 11.5 Å². The molecule has 0 saturated carbocycles. The minimum Gasteiger partial charge on any atom is -0.502 e. The second kappa shape index (κ2) is 7.25. The van der Waals surface area contributed by atoms with E-state index >= 15 is 0 Å². The molecule has 0 heterocycles. The summed E-state index contributed by atoms with van der Waals surface area (Å²) >= 11 is 0. The highest BCUT2D eigenvalue weighted by atomic mass is 35.5. The van der Waals surface area contributed by atoms with Gasteiger partial charge in [-0.2, -0.15) is 0 Å². The smallest absolute Gasteiger partial charge is 0.200 e. The predicted octanol–water partition coefficient (Wildman–Crippen LogP) is 2.11. The van der Waals surface area contributed by atoms with Gasteiger partial charge in [0.05, 0.1) is 14.2 Å². The molecule has 1 aromatic carbocycles. The van der Waals surface area contributed by atoms with E-state index in [1.807, 2.05) is 6.92 Å². The van der Waals surface area contributed by atoms with E-state index < -0.39 is 0 Å². The molecule has 0 fully saturated rings. The van der Waals surface area contributed by atoms with Crippen LogP contribution in [0.4, 0.5) is 0 Å². The molecule has 5 heteroatoms. The molecule has 1 aromatic rings. The van der Waals surface area contributed by atoms with E-state index in [4.69, 9.17) is 15.2 Å². The SMILES string of the molecule is CCC(N)Cc1cc(OC)c(O)c(OC)c1.Cl. The zero-order chi connectivity index (χ0) is 12.1. The van der Waals surface area contributed by atoms with Crippen LogP contribution in [-0.2, 0) is 6.42 Å². The number of phenolic OH excluding ortho intramolecular Hbond substituents is 1. The van der Waals surface area contributed by atoms with Crippen LogP contribution in [0.3, 0.4) is 0 Å². The van der Waals surface area contributed by atoms with Crippen molar-refractivity contribution in [1.29, 1.82) is 0 Å². The molecule has 0 aliphatic carbocycles. The van der Waals surface area contributed by atoms with Gasteiger partial charge in [-0.3, -0.25) is 0 Å². The van der Waals surface area contributed by atoms with Gasteiger partial charge in [0.1, 0.15) is 0 Å². The first-order valence-electron chi connectivity index (χ1n) is 5.31. The number of benzene rings is 1. The van der Waals surface area contributed by atoms with Crippen LogP contribution in [0.5, 0.6) is 17.2 Å². The minimum absolute atomic E-state index is 0. The third kappa shape index (κ3) is 3.98. The number of ether oxygens (including phenoxy) is 2. The van der Waals surface area contributed by atoms with Crippen molar-refractivity contribution in [3.05, 3.63) is 17.7 Å². The standard InChI is InChI=1S/C12H19NO3.ClH/c1-4-9(13)5-8-6-10(15-2)12(14)11(7-8)16-3;/h6-7,9,14H,4-5,13H2,1-3H3;1H. The molecule has 17 heavy (non-hydrogen) atoms. The van der Waals surface area contributed by atoms with Crippen LogP contribution in [0.25, 0.3) is 0 Å². The highest BCUT2D eigenvalue weighted by Gasteiger charge is 2.12. The lowest BCUT2D eigenvalue weighted by Gasteiger charge is -2.13. The largest absolute Gasteiger partial charge is 0.502 e. The molecule has 3 N–H and O–H groups in total. The summed E-state index contributed by atoms with van der Waals surface area (Å²) in [6.07, 6.45) is 1.65. The zero-order valence-electron chi connectivity index (χ0n) is 10.4. The van der Waals surface area contributed by atoms with Crippen LogP contribution in [-0.4, -0.2) is 25.4 Å². The lowest BCUT2D eigenvalue weighted by molar-refractivity contribution is 0.339. The molecule has 0 bridgehead atoms. The van der Waals surface area contributed by atoms with Gasteiger partial charge >= 0.3 is 0 Å². The molecule has 1 unspecified atom stereocenters. The van der Waals surface area contributed by atoms with E-state index in [1.165, 1.54) is 14.2 Å². The van der Waals surface area contributed by atoms with Gasteiger partial charge in [-0.25, -0.2) is 0 Å². The van der Waals surface area contributed by atoms with E-state index in [-0.39, 0.29) is 24.2 Å². The number of hydrogen-bond donors (Lipinski definition) is 2. The third-order valence-electron chi connectivity index (χ3n) is 2.56. The second-order valence-electron chi connectivity index (χ2n) is 3.72. The van der Waals surface area contributed by atoms with Crippen molar-refractivity contribution in [1.82, 2.24) is 0 Å². The maximum atomic E-state index is 9.72. The number of methoxy groups -OCH3 is 2. The lowest BCUT2D eigenvalue weighted by atomic mass is 10.0. The summed E-state index contributed by atoms with van der Waals surface area (Å²) in [6.45, 7) is 2.04. The fraction of sp³-hybridized carbons (Fsp3) is 0.500. The quantitative estimate of drug-likeness (QED) is 0.852. The summed E-state index contributed by atoms with van der Waals surface area (Å²) in [6, 6.07) is 3.68. The van der Waals surface area contributed by atoms with Crippen LogP contribution in [0, 0.1) is 0 Å². The second-order valence-corrected chi connectivity index (χ2v) is 3.72. The van der Waals surface area contributed by atoms with Gasteiger partial charge in [0, 0.05) is 6.04 Å². The number of hydrogen-bond acceptors (Lipinski definition) is 4. The van der Waals surface area contributed by atoms with Gasteiger partial charge in [0.15, 0.2) is 11.5 Å². The number of halogens is 1. The Morgan fingerprint density at radius 2 is 1.71 bits per heavy atom. The normalized spacial score (nSPS) is 11.5. The molecule has 0 aliphatic heterocycles. The number of rotatable bonds is 5. The van der Waals surface area contributed by atoms with E-state index in [9.17, 15) is 5.11 Å². The van der Waals surface area contributed by atoms with Crippen molar-refractivity contribution < 1.29 is 14.6 Å². The molecule has 0 amide bonds. The van der Waals surface area contributed by atoms with Gasteiger partial charge in [0.2, 0.25) is 5.75 Å². The Hall–Kier alpha value is -1.13. The van der Waals surface area contributed by atoms with Crippen molar-refractivity contribution >= 4 is 12.4 Å². The summed E-state index contributed by atoms with van der Waals surface area (Å²) in [4.78, 5) is 0. The van der Waals surface area contributed by atoms with Crippen LogP contribution in [0.2, 0.25) is 0 Å². The first-order chi connectivity index (χ1) is 7.62. The molecular weight excluding hydrogens is 242 g/mol.